The van der Waals surface area contributed by atoms with Crippen LogP contribution in [0.2, 0.25) is 0 Å². The van der Waals surface area contributed by atoms with E-state index in [1.54, 1.807) is 0 Å². The Labute approximate surface area is 133 Å². The lowest BCUT2D eigenvalue weighted by Crippen LogP contribution is -2.34. The van der Waals surface area contributed by atoms with Crippen LogP contribution >= 0.6 is 0 Å². The lowest BCUT2D eigenvalue weighted by molar-refractivity contribution is 0.0527. The summed E-state index contributed by atoms with van der Waals surface area (Å²) in [6.07, 6.45) is 0.488. The number of rotatable bonds is 6. The van der Waals surface area contributed by atoms with Crippen molar-refractivity contribution in [2.75, 3.05) is 13.1 Å². The van der Waals surface area contributed by atoms with E-state index >= 15 is 0 Å². The van der Waals surface area contributed by atoms with Gasteiger partial charge in [-0.15, -0.1) is 0 Å². The van der Waals surface area contributed by atoms with Gasteiger partial charge in [-0.25, -0.2) is 4.79 Å². The number of carbonyl (C=O) groups excluding carboxylic acids is 1. The molecule has 0 aliphatic rings. The van der Waals surface area contributed by atoms with Gasteiger partial charge >= 0.3 is 6.09 Å². The molecule has 1 aromatic rings. The second-order valence-corrected chi connectivity index (χ2v) is 6.67. The van der Waals surface area contributed by atoms with Crippen LogP contribution in [0.5, 0.6) is 0 Å². The second kappa shape index (κ2) is 7.63. The summed E-state index contributed by atoms with van der Waals surface area (Å²) >= 11 is 0. The first-order valence-electron chi connectivity index (χ1n) is 7.82. The topological polar surface area (TPSA) is 68.2 Å². The lowest BCUT2D eigenvalue weighted by atomic mass is 10.1. The Morgan fingerprint density at radius 1 is 1.32 bits per heavy atom. The van der Waals surface area contributed by atoms with Gasteiger partial charge < -0.3 is 15.4 Å². The van der Waals surface area contributed by atoms with Gasteiger partial charge in [0.1, 0.15) is 5.60 Å². The van der Waals surface area contributed by atoms with Gasteiger partial charge in [-0.3, -0.25) is 4.68 Å². The van der Waals surface area contributed by atoms with Gasteiger partial charge in [0.25, 0.3) is 0 Å². The summed E-state index contributed by atoms with van der Waals surface area (Å²) in [5, 5.41) is 10.7. The minimum absolute atomic E-state index is 0.246. The van der Waals surface area contributed by atoms with Crippen LogP contribution in [0.4, 0.5) is 4.79 Å². The van der Waals surface area contributed by atoms with Gasteiger partial charge in [0, 0.05) is 30.9 Å². The number of hydrogen-bond donors (Lipinski definition) is 2. The molecule has 0 saturated heterocycles. The number of hydrogen-bond acceptors (Lipinski definition) is 4. The first-order chi connectivity index (χ1) is 10.1. The van der Waals surface area contributed by atoms with E-state index in [0.29, 0.717) is 6.54 Å². The van der Waals surface area contributed by atoms with Crippen LogP contribution < -0.4 is 10.6 Å². The van der Waals surface area contributed by atoms with Crippen molar-refractivity contribution in [3.63, 3.8) is 0 Å². The molecule has 6 heteroatoms. The van der Waals surface area contributed by atoms with Crippen LogP contribution in [0, 0.1) is 13.8 Å². The average molecular weight is 310 g/mol. The number of ether oxygens (including phenoxy) is 1. The van der Waals surface area contributed by atoms with E-state index in [2.05, 4.69) is 29.6 Å². The highest BCUT2D eigenvalue weighted by Gasteiger charge is 2.16. The highest BCUT2D eigenvalue weighted by atomic mass is 16.6. The second-order valence-electron chi connectivity index (χ2n) is 6.67. The summed E-state index contributed by atoms with van der Waals surface area (Å²) < 4.78 is 7.10. The Bertz CT molecular complexity index is 503. The van der Waals surface area contributed by atoms with Gasteiger partial charge in [-0.1, -0.05) is 0 Å². The predicted molar refractivity (Wildman–Crippen MR) is 88.0 cm³/mol. The van der Waals surface area contributed by atoms with E-state index in [0.717, 1.165) is 18.7 Å². The van der Waals surface area contributed by atoms with E-state index in [-0.39, 0.29) is 12.1 Å². The minimum atomic E-state index is -0.452. The summed E-state index contributed by atoms with van der Waals surface area (Å²) in [4.78, 5) is 11.5. The SMILES string of the molecule is Cc1nn(C)c(C)c1C(C)NCCCNC(=O)OC(C)(C)C. The molecular formula is C16H30N4O2. The molecular weight excluding hydrogens is 280 g/mol. The molecule has 0 aliphatic carbocycles. The zero-order chi connectivity index (χ0) is 16.9. The summed E-state index contributed by atoms with van der Waals surface area (Å²) in [6, 6.07) is 0.246. The quantitative estimate of drug-likeness (QED) is 0.793. The van der Waals surface area contributed by atoms with Crippen molar-refractivity contribution in [1.82, 2.24) is 20.4 Å². The van der Waals surface area contributed by atoms with Crippen molar-refractivity contribution in [2.24, 2.45) is 7.05 Å². The standard InChI is InChI=1S/C16H30N4O2/c1-11(14-12(2)19-20(7)13(14)3)17-9-8-10-18-15(21)22-16(4,5)6/h11,17H,8-10H2,1-7H3,(H,18,21). The fourth-order valence-electron chi connectivity index (χ4n) is 2.43. The molecule has 0 aliphatic heterocycles. The molecule has 1 aromatic heterocycles. The van der Waals surface area contributed by atoms with Crippen LogP contribution in [0.15, 0.2) is 0 Å². The molecule has 22 heavy (non-hydrogen) atoms. The average Bonchev–Trinajstić information content (AvgIpc) is 2.60. The van der Waals surface area contributed by atoms with E-state index in [1.165, 1.54) is 11.3 Å². The Morgan fingerprint density at radius 3 is 2.45 bits per heavy atom. The molecule has 1 heterocycles. The van der Waals surface area contributed by atoms with Crippen LogP contribution in [0.25, 0.3) is 0 Å². The largest absolute Gasteiger partial charge is 0.444 e. The first kappa shape index (κ1) is 18.5. The maximum atomic E-state index is 11.5. The third kappa shape index (κ3) is 5.67. The van der Waals surface area contributed by atoms with Crippen molar-refractivity contribution in [2.45, 2.75) is 59.6 Å². The van der Waals surface area contributed by atoms with Crippen LogP contribution in [0.3, 0.4) is 0 Å². The Hall–Kier alpha value is -1.56. The molecule has 1 unspecified atom stereocenters. The molecule has 2 N–H and O–H groups in total. The van der Waals surface area contributed by atoms with Crippen LogP contribution in [0.1, 0.15) is 57.1 Å². The van der Waals surface area contributed by atoms with Gasteiger partial charge in [0.2, 0.25) is 0 Å². The summed E-state index contributed by atoms with van der Waals surface area (Å²) in [5.74, 6) is 0. The Kier molecular flexibility index (Phi) is 6.41. The normalized spacial score (nSPS) is 13.0. The van der Waals surface area contributed by atoms with Crippen molar-refractivity contribution in [1.29, 1.82) is 0 Å². The third-order valence-corrected chi connectivity index (χ3v) is 3.47. The van der Waals surface area contributed by atoms with E-state index in [4.69, 9.17) is 4.74 Å². The molecule has 0 bridgehead atoms. The summed E-state index contributed by atoms with van der Waals surface area (Å²) in [6.45, 7) is 13.2. The fourth-order valence-corrected chi connectivity index (χ4v) is 2.43. The number of aryl methyl sites for hydroxylation is 2. The van der Waals surface area contributed by atoms with Crippen molar-refractivity contribution >= 4 is 6.09 Å². The zero-order valence-corrected chi connectivity index (χ0v) is 14.9. The smallest absolute Gasteiger partial charge is 0.407 e. The number of nitrogens with one attached hydrogen (secondary N) is 2. The van der Waals surface area contributed by atoms with Crippen molar-refractivity contribution < 1.29 is 9.53 Å². The van der Waals surface area contributed by atoms with Gasteiger partial charge in [-0.2, -0.15) is 5.10 Å². The lowest BCUT2D eigenvalue weighted by Gasteiger charge is -2.20. The molecule has 0 fully saturated rings. The highest BCUT2D eigenvalue weighted by Crippen LogP contribution is 2.20. The van der Waals surface area contributed by atoms with Crippen LogP contribution in [-0.4, -0.2) is 34.6 Å². The number of amides is 1. The fraction of sp³-hybridized carbons (Fsp3) is 0.750. The Morgan fingerprint density at radius 2 is 1.95 bits per heavy atom. The number of carbonyl (C=O) groups is 1. The molecule has 1 rings (SSSR count). The molecule has 126 valence electrons. The molecule has 6 nitrogen and oxygen atoms in total. The monoisotopic (exact) mass is 310 g/mol. The third-order valence-electron chi connectivity index (χ3n) is 3.47. The number of nitrogens with zero attached hydrogens (tertiary/aromatic N) is 2. The van der Waals surface area contributed by atoms with E-state index in [1.807, 2.05) is 39.4 Å². The minimum Gasteiger partial charge on any atom is -0.444 e. The van der Waals surface area contributed by atoms with Crippen molar-refractivity contribution in [3.05, 3.63) is 17.0 Å². The molecule has 1 amide bonds. The predicted octanol–water partition coefficient (Wildman–Crippen LogP) is 2.60. The first-order valence-corrected chi connectivity index (χ1v) is 7.82. The van der Waals surface area contributed by atoms with E-state index in [9.17, 15) is 4.79 Å². The summed E-state index contributed by atoms with van der Waals surface area (Å²) in [5.41, 5.74) is 3.05. The molecule has 1 atom stereocenters. The van der Waals surface area contributed by atoms with Gasteiger partial charge in [0.05, 0.1) is 5.69 Å². The van der Waals surface area contributed by atoms with Crippen LogP contribution in [-0.2, 0) is 11.8 Å². The molecule has 0 aromatic carbocycles. The molecule has 0 spiro atoms. The summed E-state index contributed by atoms with van der Waals surface area (Å²) in [7, 11) is 1.96. The maximum Gasteiger partial charge on any atom is 0.407 e. The number of alkyl carbamates (subject to hydrolysis) is 1. The maximum absolute atomic E-state index is 11.5. The number of aromatic nitrogens is 2. The molecule has 0 saturated carbocycles. The Balaban J connectivity index is 2.29. The van der Waals surface area contributed by atoms with Crippen molar-refractivity contribution in [3.8, 4) is 0 Å². The molecule has 0 radical (unpaired) electrons. The highest BCUT2D eigenvalue weighted by molar-refractivity contribution is 5.67. The van der Waals surface area contributed by atoms with E-state index < -0.39 is 5.60 Å². The van der Waals surface area contributed by atoms with Gasteiger partial charge in [-0.05, 0) is 54.5 Å². The zero-order valence-electron chi connectivity index (χ0n) is 14.9. The van der Waals surface area contributed by atoms with Gasteiger partial charge in [0.15, 0.2) is 0 Å².